The van der Waals surface area contributed by atoms with Crippen LogP contribution in [0.3, 0.4) is 0 Å². The van der Waals surface area contributed by atoms with E-state index in [1.54, 1.807) is 5.38 Å². The fraction of sp³-hybridized carbons (Fsp3) is 0.692. The van der Waals surface area contributed by atoms with Gasteiger partial charge in [0.15, 0.2) is 5.13 Å². The lowest BCUT2D eigenvalue weighted by molar-refractivity contribution is -0.0615. The molecule has 1 saturated heterocycles. The van der Waals surface area contributed by atoms with Gasteiger partial charge in [-0.25, -0.2) is 4.98 Å². The van der Waals surface area contributed by atoms with Crippen molar-refractivity contribution in [2.75, 3.05) is 18.0 Å². The van der Waals surface area contributed by atoms with Crippen molar-refractivity contribution in [3.8, 4) is 0 Å². The molecule has 2 heterocycles. The molecular formula is C13H19N3O2S. The molecule has 1 aromatic heterocycles. The molecule has 3 N–H and O–H groups in total. The Balaban J connectivity index is 1.78. The Labute approximate surface area is 116 Å². The zero-order valence-corrected chi connectivity index (χ0v) is 11.8. The molecule has 1 aliphatic heterocycles. The van der Waals surface area contributed by atoms with Crippen LogP contribution in [0.15, 0.2) is 5.38 Å². The van der Waals surface area contributed by atoms with E-state index in [-0.39, 0.29) is 5.92 Å². The molecule has 0 radical (unpaired) electrons. The van der Waals surface area contributed by atoms with Crippen LogP contribution in [0.1, 0.15) is 36.7 Å². The van der Waals surface area contributed by atoms with Crippen LogP contribution in [-0.4, -0.2) is 34.7 Å². The summed E-state index contributed by atoms with van der Waals surface area (Å²) in [6, 6.07) is 0. The van der Waals surface area contributed by atoms with Gasteiger partial charge in [0.05, 0.1) is 5.60 Å². The first-order valence-electron chi connectivity index (χ1n) is 6.73. The van der Waals surface area contributed by atoms with E-state index in [4.69, 9.17) is 5.73 Å². The van der Waals surface area contributed by atoms with E-state index in [1.165, 1.54) is 17.8 Å². The number of hydrogen-bond donors (Lipinski definition) is 2. The number of carbonyl (C=O) groups is 1. The topological polar surface area (TPSA) is 79.5 Å². The fourth-order valence-corrected chi connectivity index (χ4v) is 3.95. The maximum atomic E-state index is 11.1. The van der Waals surface area contributed by atoms with Crippen LogP contribution >= 0.6 is 11.3 Å². The van der Waals surface area contributed by atoms with Gasteiger partial charge in [0.2, 0.25) is 0 Å². The third-order valence-corrected chi connectivity index (χ3v) is 5.52. The van der Waals surface area contributed by atoms with Crippen molar-refractivity contribution in [3.63, 3.8) is 0 Å². The Morgan fingerprint density at radius 3 is 2.89 bits per heavy atom. The molecule has 2 fully saturated rings. The van der Waals surface area contributed by atoms with E-state index in [0.29, 0.717) is 18.2 Å². The van der Waals surface area contributed by atoms with Gasteiger partial charge in [-0.2, -0.15) is 0 Å². The van der Waals surface area contributed by atoms with E-state index in [1.807, 2.05) is 0 Å². The van der Waals surface area contributed by atoms with Gasteiger partial charge in [-0.15, -0.1) is 11.3 Å². The highest BCUT2D eigenvalue weighted by atomic mass is 32.1. The predicted octanol–water partition coefficient (Wildman–Crippen LogP) is 1.23. The van der Waals surface area contributed by atoms with Gasteiger partial charge in [-0.05, 0) is 18.8 Å². The Morgan fingerprint density at radius 1 is 1.63 bits per heavy atom. The molecule has 1 amide bonds. The summed E-state index contributed by atoms with van der Waals surface area (Å²) >= 11 is 1.42. The molecule has 0 bridgehead atoms. The number of hydrogen-bond acceptors (Lipinski definition) is 5. The number of primary amides is 1. The number of thiazole rings is 1. The highest BCUT2D eigenvalue weighted by Crippen LogP contribution is 2.45. The highest BCUT2D eigenvalue weighted by molar-refractivity contribution is 7.13. The van der Waals surface area contributed by atoms with Crippen molar-refractivity contribution in [3.05, 3.63) is 11.1 Å². The predicted molar refractivity (Wildman–Crippen MR) is 74.3 cm³/mol. The summed E-state index contributed by atoms with van der Waals surface area (Å²) in [4.78, 5) is 17.4. The van der Waals surface area contributed by atoms with Crippen LogP contribution < -0.4 is 10.6 Å². The number of nitrogens with zero attached hydrogens (tertiary/aromatic N) is 2. The Hall–Kier alpha value is -1.14. The summed E-state index contributed by atoms with van der Waals surface area (Å²) in [5.74, 6) is 0.158. The molecule has 0 aromatic carbocycles. The fourth-order valence-electron chi connectivity index (χ4n) is 3.12. The number of anilines is 1. The Kier molecular flexibility index (Phi) is 3.02. The number of aliphatic hydroxyl groups is 1. The second-order valence-electron chi connectivity index (χ2n) is 5.78. The van der Waals surface area contributed by atoms with Crippen molar-refractivity contribution in [2.24, 2.45) is 17.6 Å². The summed E-state index contributed by atoms with van der Waals surface area (Å²) in [5, 5.41) is 13.3. The number of β-amino-alcohol motifs (C(OH)–C–C–N with tert-alkyl or cyclic N) is 1. The summed E-state index contributed by atoms with van der Waals surface area (Å²) in [6.45, 7) is 3.50. The molecule has 1 aromatic rings. The summed E-state index contributed by atoms with van der Waals surface area (Å²) < 4.78 is 0. The zero-order chi connectivity index (χ0) is 13.6. The maximum absolute atomic E-state index is 11.1. The Morgan fingerprint density at radius 2 is 2.37 bits per heavy atom. The van der Waals surface area contributed by atoms with Crippen LogP contribution in [0.4, 0.5) is 5.13 Å². The van der Waals surface area contributed by atoms with Gasteiger partial charge in [0.1, 0.15) is 5.69 Å². The normalized spacial score (nSPS) is 31.5. The molecular weight excluding hydrogens is 262 g/mol. The van der Waals surface area contributed by atoms with Gasteiger partial charge >= 0.3 is 0 Å². The van der Waals surface area contributed by atoms with Crippen LogP contribution in [0.25, 0.3) is 0 Å². The standard InChI is InChI=1S/C13H19N3O2S/c1-8-5-16(7-13(8,18)9-3-2-4-9)12-15-10(6-19-12)11(14)17/h6,8-9,18H,2-5,7H2,1H3,(H2,14,17)/t8-,13+/m1/s1. The monoisotopic (exact) mass is 281 g/mol. The van der Waals surface area contributed by atoms with Crippen molar-refractivity contribution in [1.82, 2.24) is 4.98 Å². The molecule has 1 aliphatic carbocycles. The van der Waals surface area contributed by atoms with Crippen molar-refractivity contribution >= 4 is 22.4 Å². The number of rotatable bonds is 3. The minimum Gasteiger partial charge on any atom is -0.387 e. The van der Waals surface area contributed by atoms with Crippen molar-refractivity contribution < 1.29 is 9.90 Å². The molecule has 5 nitrogen and oxygen atoms in total. The molecule has 0 spiro atoms. The van der Waals surface area contributed by atoms with Gasteiger partial charge in [0, 0.05) is 24.4 Å². The summed E-state index contributed by atoms with van der Waals surface area (Å²) in [6.07, 6.45) is 3.47. The van der Waals surface area contributed by atoms with Crippen LogP contribution in [0.5, 0.6) is 0 Å². The van der Waals surface area contributed by atoms with Crippen LogP contribution in [0.2, 0.25) is 0 Å². The smallest absolute Gasteiger partial charge is 0.268 e. The average molecular weight is 281 g/mol. The van der Waals surface area contributed by atoms with Gasteiger partial charge in [0.25, 0.3) is 5.91 Å². The lowest BCUT2D eigenvalue weighted by Gasteiger charge is -2.41. The number of nitrogens with two attached hydrogens (primary N) is 1. The van der Waals surface area contributed by atoms with Gasteiger partial charge < -0.3 is 15.7 Å². The van der Waals surface area contributed by atoms with E-state index in [2.05, 4.69) is 16.8 Å². The summed E-state index contributed by atoms with van der Waals surface area (Å²) in [5.41, 5.74) is 4.93. The first-order chi connectivity index (χ1) is 9.00. The third kappa shape index (κ3) is 2.03. The third-order valence-electron chi connectivity index (χ3n) is 4.62. The Bertz CT molecular complexity index is 500. The zero-order valence-electron chi connectivity index (χ0n) is 11.0. The van der Waals surface area contributed by atoms with E-state index >= 15 is 0 Å². The summed E-state index contributed by atoms with van der Waals surface area (Å²) in [7, 11) is 0. The number of aromatic nitrogens is 1. The van der Waals surface area contributed by atoms with Gasteiger partial charge in [-0.3, -0.25) is 4.79 Å². The van der Waals surface area contributed by atoms with Crippen molar-refractivity contribution in [1.29, 1.82) is 0 Å². The van der Waals surface area contributed by atoms with Crippen LogP contribution in [-0.2, 0) is 0 Å². The lowest BCUT2D eigenvalue weighted by Crippen LogP contribution is -2.47. The first kappa shape index (κ1) is 12.9. The first-order valence-corrected chi connectivity index (χ1v) is 7.61. The SMILES string of the molecule is C[C@@H]1CN(c2nc(C(N)=O)cs2)C[C@@]1(O)C1CCC1. The molecule has 19 heavy (non-hydrogen) atoms. The van der Waals surface area contributed by atoms with Crippen LogP contribution in [0, 0.1) is 11.8 Å². The van der Waals surface area contributed by atoms with Gasteiger partial charge in [-0.1, -0.05) is 13.3 Å². The molecule has 2 aliphatic rings. The van der Waals surface area contributed by atoms with Crippen molar-refractivity contribution in [2.45, 2.75) is 31.8 Å². The second kappa shape index (κ2) is 4.45. The molecule has 0 unspecified atom stereocenters. The molecule has 104 valence electrons. The minimum atomic E-state index is -0.600. The van der Waals surface area contributed by atoms with E-state index in [0.717, 1.165) is 24.5 Å². The van der Waals surface area contributed by atoms with E-state index < -0.39 is 11.5 Å². The molecule has 3 rings (SSSR count). The molecule has 2 atom stereocenters. The molecule has 6 heteroatoms. The second-order valence-corrected chi connectivity index (χ2v) is 6.62. The number of amides is 1. The van der Waals surface area contributed by atoms with E-state index in [9.17, 15) is 9.90 Å². The average Bonchev–Trinajstić information content (AvgIpc) is 2.83. The lowest BCUT2D eigenvalue weighted by atomic mass is 9.69. The largest absolute Gasteiger partial charge is 0.387 e. The minimum absolute atomic E-state index is 0.235. The quantitative estimate of drug-likeness (QED) is 0.873. The number of carbonyl (C=O) groups excluding carboxylic acids is 1. The highest BCUT2D eigenvalue weighted by Gasteiger charge is 2.50. The molecule has 1 saturated carbocycles. The maximum Gasteiger partial charge on any atom is 0.268 e.